The van der Waals surface area contributed by atoms with Gasteiger partial charge in [-0.25, -0.2) is 0 Å². The lowest BCUT2D eigenvalue weighted by Gasteiger charge is -2.10. The maximum Gasteiger partial charge on any atom is 0.115 e. The van der Waals surface area contributed by atoms with E-state index in [9.17, 15) is 15.3 Å². The molecule has 2 atom stereocenters. The normalized spacial score (nSPS) is 13.7. The van der Waals surface area contributed by atoms with E-state index in [1.807, 2.05) is 43.3 Å². The van der Waals surface area contributed by atoms with E-state index in [4.69, 9.17) is 0 Å². The largest absolute Gasteiger partial charge is 0.508 e. The summed E-state index contributed by atoms with van der Waals surface area (Å²) in [7, 11) is 0. The number of aliphatic hydroxyl groups is 2. The molecule has 118 valence electrons. The Morgan fingerprint density at radius 2 is 1.13 bits per heavy atom. The molecule has 0 amide bonds. The van der Waals surface area contributed by atoms with Crippen LogP contribution in [-0.2, 0) is 0 Å². The Morgan fingerprint density at radius 3 is 1.61 bits per heavy atom. The maximum absolute atomic E-state index is 10.5. The fourth-order valence-electron chi connectivity index (χ4n) is 2.40. The second kappa shape index (κ2) is 6.54. The lowest BCUT2D eigenvalue weighted by Crippen LogP contribution is -1.97. The first kappa shape index (κ1) is 15.7. The number of aromatic hydroxyl groups is 1. The minimum Gasteiger partial charge on any atom is -0.508 e. The summed E-state index contributed by atoms with van der Waals surface area (Å²) < 4.78 is 0. The van der Waals surface area contributed by atoms with Crippen molar-refractivity contribution in [2.45, 2.75) is 19.1 Å². The summed E-state index contributed by atoms with van der Waals surface area (Å²) in [5.41, 5.74) is 2.69. The Kier molecular flexibility index (Phi) is 4.48. The summed E-state index contributed by atoms with van der Waals surface area (Å²) in [6.45, 7) is 2.01. The molecule has 2 aromatic carbocycles. The first-order valence-electron chi connectivity index (χ1n) is 7.36. The van der Waals surface area contributed by atoms with Gasteiger partial charge in [0.15, 0.2) is 0 Å². The van der Waals surface area contributed by atoms with Crippen molar-refractivity contribution in [3.05, 3.63) is 87.1 Å². The third-order valence-electron chi connectivity index (χ3n) is 3.79. The zero-order chi connectivity index (χ0) is 16.4. The highest BCUT2D eigenvalue weighted by molar-refractivity contribution is 7.12. The molecule has 0 spiro atoms. The Labute approximate surface area is 139 Å². The van der Waals surface area contributed by atoms with Gasteiger partial charge in [0, 0.05) is 9.75 Å². The maximum atomic E-state index is 10.5. The summed E-state index contributed by atoms with van der Waals surface area (Å²) in [5, 5.41) is 30.2. The topological polar surface area (TPSA) is 60.7 Å². The second-order valence-electron chi connectivity index (χ2n) is 5.55. The van der Waals surface area contributed by atoms with Gasteiger partial charge in [0.25, 0.3) is 0 Å². The highest BCUT2D eigenvalue weighted by atomic mass is 32.1. The summed E-state index contributed by atoms with van der Waals surface area (Å²) in [5.74, 6) is 0.169. The van der Waals surface area contributed by atoms with Gasteiger partial charge in [-0.2, -0.15) is 0 Å². The smallest absolute Gasteiger partial charge is 0.115 e. The number of phenolic OH excluding ortho intramolecular Hbond substituents is 1. The van der Waals surface area contributed by atoms with E-state index in [1.54, 1.807) is 24.3 Å². The first-order chi connectivity index (χ1) is 11.0. The van der Waals surface area contributed by atoms with Crippen LogP contribution in [0.25, 0.3) is 0 Å². The van der Waals surface area contributed by atoms with Gasteiger partial charge in [0.2, 0.25) is 0 Å². The molecule has 0 aliphatic rings. The van der Waals surface area contributed by atoms with Crippen LogP contribution in [0.2, 0.25) is 0 Å². The van der Waals surface area contributed by atoms with Crippen molar-refractivity contribution < 1.29 is 15.3 Å². The molecule has 1 heterocycles. The predicted molar refractivity (Wildman–Crippen MR) is 91.7 cm³/mol. The fourth-order valence-corrected chi connectivity index (χ4v) is 3.44. The summed E-state index contributed by atoms with van der Waals surface area (Å²) in [6, 6.07) is 17.9. The van der Waals surface area contributed by atoms with Gasteiger partial charge in [-0.1, -0.05) is 42.0 Å². The van der Waals surface area contributed by atoms with Gasteiger partial charge in [-0.05, 0) is 42.3 Å². The first-order valence-corrected chi connectivity index (χ1v) is 8.17. The van der Waals surface area contributed by atoms with Crippen LogP contribution in [0.5, 0.6) is 5.75 Å². The van der Waals surface area contributed by atoms with E-state index < -0.39 is 12.2 Å². The number of hydrogen-bond acceptors (Lipinski definition) is 4. The van der Waals surface area contributed by atoms with E-state index in [1.165, 1.54) is 11.3 Å². The van der Waals surface area contributed by atoms with Crippen molar-refractivity contribution >= 4 is 11.3 Å². The number of phenols is 1. The van der Waals surface area contributed by atoms with Crippen LogP contribution in [0, 0.1) is 6.92 Å². The summed E-state index contributed by atoms with van der Waals surface area (Å²) >= 11 is 1.38. The van der Waals surface area contributed by atoms with Gasteiger partial charge in [0.1, 0.15) is 18.0 Å². The van der Waals surface area contributed by atoms with E-state index >= 15 is 0 Å². The zero-order valence-electron chi connectivity index (χ0n) is 12.7. The van der Waals surface area contributed by atoms with Crippen LogP contribution in [0.1, 0.15) is 38.7 Å². The van der Waals surface area contributed by atoms with E-state index in [0.29, 0.717) is 5.56 Å². The van der Waals surface area contributed by atoms with Crippen molar-refractivity contribution in [1.29, 1.82) is 0 Å². The predicted octanol–water partition coefficient (Wildman–Crippen LogP) is 3.93. The molecule has 0 saturated carbocycles. The van der Waals surface area contributed by atoms with E-state index in [0.717, 1.165) is 20.9 Å². The lowest BCUT2D eigenvalue weighted by atomic mass is 10.1. The molecule has 0 bridgehead atoms. The molecule has 23 heavy (non-hydrogen) atoms. The van der Waals surface area contributed by atoms with Crippen molar-refractivity contribution in [3.8, 4) is 5.75 Å². The molecule has 3 rings (SSSR count). The molecule has 0 fully saturated rings. The van der Waals surface area contributed by atoms with Gasteiger partial charge in [-0.15, -0.1) is 11.3 Å². The Balaban J connectivity index is 1.82. The standard InChI is InChI=1S/C19H18O3S/c1-12-2-4-13(5-3-12)18(21)16-10-11-17(23-16)19(22)14-6-8-15(20)9-7-14/h2-11,18-22H,1H3. The van der Waals surface area contributed by atoms with Crippen LogP contribution in [-0.4, -0.2) is 15.3 Å². The minimum absolute atomic E-state index is 0.169. The Morgan fingerprint density at radius 1 is 0.696 bits per heavy atom. The molecule has 3 nitrogen and oxygen atoms in total. The summed E-state index contributed by atoms with van der Waals surface area (Å²) in [4.78, 5) is 1.55. The fraction of sp³-hybridized carbons (Fsp3) is 0.158. The molecular formula is C19H18O3S. The van der Waals surface area contributed by atoms with Crippen LogP contribution < -0.4 is 0 Å². The van der Waals surface area contributed by atoms with Crippen molar-refractivity contribution in [2.75, 3.05) is 0 Å². The Bertz CT molecular complexity index is 709. The average molecular weight is 326 g/mol. The number of rotatable bonds is 4. The van der Waals surface area contributed by atoms with E-state index in [-0.39, 0.29) is 5.75 Å². The summed E-state index contributed by atoms with van der Waals surface area (Å²) in [6.07, 6.45) is -1.46. The van der Waals surface area contributed by atoms with Crippen LogP contribution in [0.4, 0.5) is 0 Å². The van der Waals surface area contributed by atoms with Gasteiger partial charge >= 0.3 is 0 Å². The number of benzene rings is 2. The number of hydrogen-bond donors (Lipinski definition) is 3. The molecule has 3 aromatic rings. The van der Waals surface area contributed by atoms with Gasteiger partial charge in [-0.3, -0.25) is 0 Å². The SMILES string of the molecule is Cc1ccc(C(O)c2ccc(C(O)c3ccc(O)cc3)s2)cc1. The molecule has 0 radical (unpaired) electrons. The molecule has 0 aliphatic carbocycles. The monoisotopic (exact) mass is 326 g/mol. The van der Waals surface area contributed by atoms with Crippen LogP contribution >= 0.6 is 11.3 Å². The van der Waals surface area contributed by atoms with Gasteiger partial charge < -0.3 is 15.3 Å². The number of aliphatic hydroxyl groups excluding tert-OH is 2. The second-order valence-corrected chi connectivity index (χ2v) is 6.69. The van der Waals surface area contributed by atoms with Gasteiger partial charge in [0.05, 0.1) is 0 Å². The molecule has 3 N–H and O–H groups in total. The third-order valence-corrected chi connectivity index (χ3v) is 4.98. The quantitative estimate of drug-likeness (QED) is 0.681. The zero-order valence-corrected chi connectivity index (χ0v) is 13.5. The highest BCUT2D eigenvalue weighted by Crippen LogP contribution is 2.34. The van der Waals surface area contributed by atoms with Crippen molar-refractivity contribution in [2.24, 2.45) is 0 Å². The lowest BCUT2D eigenvalue weighted by molar-refractivity contribution is 0.223. The number of thiophene rings is 1. The molecular weight excluding hydrogens is 308 g/mol. The van der Waals surface area contributed by atoms with E-state index in [2.05, 4.69) is 0 Å². The average Bonchev–Trinajstić information content (AvgIpc) is 3.05. The van der Waals surface area contributed by atoms with Crippen molar-refractivity contribution in [3.63, 3.8) is 0 Å². The molecule has 4 heteroatoms. The molecule has 2 unspecified atom stereocenters. The Hall–Kier alpha value is -2.14. The van der Waals surface area contributed by atoms with Crippen LogP contribution in [0.3, 0.4) is 0 Å². The van der Waals surface area contributed by atoms with Crippen molar-refractivity contribution in [1.82, 2.24) is 0 Å². The molecule has 0 saturated heterocycles. The minimum atomic E-state index is -0.764. The molecule has 0 aliphatic heterocycles. The third kappa shape index (κ3) is 3.45. The molecule has 1 aromatic heterocycles. The number of aryl methyl sites for hydroxylation is 1. The van der Waals surface area contributed by atoms with Crippen LogP contribution in [0.15, 0.2) is 60.7 Å². The highest BCUT2D eigenvalue weighted by Gasteiger charge is 2.17.